The van der Waals surface area contributed by atoms with E-state index >= 15 is 0 Å². The molecule has 170 valence electrons. The van der Waals surface area contributed by atoms with E-state index in [9.17, 15) is 13.2 Å². The first-order chi connectivity index (χ1) is 15.3. The lowest BCUT2D eigenvalue weighted by atomic mass is 10.1. The minimum Gasteiger partial charge on any atom is -0.495 e. The van der Waals surface area contributed by atoms with E-state index in [-0.39, 0.29) is 28.2 Å². The van der Waals surface area contributed by atoms with Crippen molar-refractivity contribution in [1.82, 2.24) is 9.29 Å². The molecule has 1 aliphatic rings. The molecule has 10 heteroatoms. The average Bonchev–Trinajstić information content (AvgIpc) is 3.45. The quantitative estimate of drug-likeness (QED) is 0.521. The van der Waals surface area contributed by atoms with Gasteiger partial charge in [-0.1, -0.05) is 23.5 Å². The van der Waals surface area contributed by atoms with E-state index in [0.717, 1.165) is 27.4 Å². The minimum absolute atomic E-state index is 0.0581. The van der Waals surface area contributed by atoms with Crippen LogP contribution in [0, 0.1) is 0 Å². The molecule has 8 nitrogen and oxygen atoms in total. The fourth-order valence-corrected chi connectivity index (χ4v) is 5.63. The summed E-state index contributed by atoms with van der Waals surface area (Å²) >= 11 is 1.42. The lowest BCUT2D eigenvalue weighted by molar-refractivity contribution is 0.0917. The van der Waals surface area contributed by atoms with Crippen LogP contribution in [-0.2, 0) is 14.8 Å². The van der Waals surface area contributed by atoms with Crippen LogP contribution in [0.15, 0.2) is 47.4 Å². The van der Waals surface area contributed by atoms with Crippen molar-refractivity contribution in [1.29, 1.82) is 0 Å². The largest absolute Gasteiger partial charge is 0.495 e. The van der Waals surface area contributed by atoms with Crippen molar-refractivity contribution in [3.05, 3.63) is 48.0 Å². The molecular weight excluding hydrogens is 450 g/mol. The predicted molar refractivity (Wildman–Crippen MR) is 124 cm³/mol. The highest BCUT2D eigenvalue weighted by Crippen LogP contribution is 2.32. The molecule has 1 amide bonds. The number of para-hydroxylation sites is 1. The van der Waals surface area contributed by atoms with Gasteiger partial charge in [0.25, 0.3) is 5.91 Å². The fraction of sp³-hybridized carbons (Fsp3) is 0.364. The SMILES string of the molecule is COc1ccc(C(=O)N(CC2CCCO2)c2nc3ccccc3s2)cc1S(=O)(=O)N(C)C. The van der Waals surface area contributed by atoms with Crippen LogP contribution >= 0.6 is 11.3 Å². The van der Waals surface area contributed by atoms with Crippen LogP contribution in [-0.4, -0.2) is 64.1 Å². The van der Waals surface area contributed by atoms with E-state index in [1.54, 1.807) is 11.0 Å². The summed E-state index contributed by atoms with van der Waals surface area (Å²) in [7, 11) is 0.467. The van der Waals surface area contributed by atoms with Crippen LogP contribution in [0.25, 0.3) is 10.2 Å². The van der Waals surface area contributed by atoms with Gasteiger partial charge in [-0.15, -0.1) is 0 Å². The van der Waals surface area contributed by atoms with Crippen molar-refractivity contribution in [3.63, 3.8) is 0 Å². The molecule has 0 bridgehead atoms. The predicted octanol–water partition coefficient (Wildman–Crippen LogP) is 3.38. The zero-order chi connectivity index (χ0) is 22.9. The Labute approximate surface area is 191 Å². The molecule has 0 radical (unpaired) electrons. The van der Waals surface area contributed by atoms with Gasteiger partial charge in [0.05, 0.1) is 30.0 Å². The molecule has 0 spiro atoms. The van der Waals surface area contributed by atoms with Crippen LogP contribution in [0.2, 0.25) is 0 Å². The van der Waals surface area contributed by atoms with Gasteiger partial charge in [-0.2, -0.15) is 0 Å². The molecule has 1 saturated heterocycles. The van der Waals surface area contributed by atoms with Crippen LogP contribution in [0.4, 0.5) is 5.13 Å². The molecule has 1 aromatic heterocycles. The molecule has 1 unspecified atom stereocenters. The van der Waals surface area contributed by atoms with Crippen molar-refractivity contribution in [2.24, 2.45) is 0 Å². The molecule has 0 aliphatic carbocycles. The van der Waals surface area contributed by atoms with Gasteiger partial charge in [-0.05, 0) is 43.2 Å². The van der Waals surface area contributed by atoms with Crippen LogP contribution in [0.3, 0.4) is 0 Å². The molecule has 0 N–H and O–H groups in total. The van der Waals surface area contributed by atoms with Gasteiger partial charge in [0.1, 0.15) is 10.6 Å². The number of sulfonamides is 1. The second-order valence-electron chi connectivity index (χ2n) is 7.67. The molecule has 0 saturated carbocycles. The number of fused-ring (bicyclic) bond motifs is 1. The Balaban J connectivity index is 1.76. The van der Waals surface area contributed by atoms with Gasteiger partial charge < -0.3 is 9.47 Å². The number of nitrogens with zero attached hydrogens (tertiary/aromatic N) is 3. The normalized spacial score (nSPS) is 16.6. The van der Waals surface area contributed by atoms with Gasteiger partial charge in [0.15, 0.2) is 5.13 Å². The number of hydrogen-bond acceptors (Lipinski definition) is 7. The van der Waals surface area contributed by atoms with E-state index in [1.807, 2.05) is 24.3 Å². The smallest absolute Gasteiger partial charge is 0.260 e. The molecule has 32 heavy (non-hydrogen) atoms. The summed E-state index contributed by atoms with van der Waals surface area (Å²) in [5, 5.41) is 0.555. The standard InChI is InChI=1S/C22H25N3O5S2/c1-24(2)32(27,28)20-13-15(10-11-18(20)29-3)21(26)25(14-16-7-6-12-30-16)22-23-17-8-4-5-9-19(17)31-22/h4-5,8-11,13,16H,6-7,12,14H2,1-3H3. The number of amides is 1. The third kappa shape index (κ3) is 4.36. The van der Waals surface area contributed by atoms with E-state index in [1.165, 1.54) is 44.7 Å². The summed E-state index contributed by atoms with van der Waals surface area (Å²) in [5.41, 5.74) is 1.05. The van der Waals surface area contributed by atoms with Crippen LogP contribution in [0.5, 0.6) is 5.75 Å². The molecule has 1 aliphatic heterocycles. The number of carbonyl (C=O) groups excluding carboxylic acids is 1. The third-order valence-corrected chi connectivity index (χ3v) is 8.23. The molecule has 4 rings (SSSR count). The Hall–Kier alpha value is -2.53. The summed E-state index contributed by atoms with van der Waals surface area (Å²) in [6.45, 7) is 1.01. The first-order valence-corrected chi connectivity index (χ1v) is 12.5. The summed E-state index contributed by atoms with van der Waals surface area (Å²) in [4.78, 5) is 19.8. The monoisotopic (exact) mass is 475 g/mol. The number of ether oxygens (including phenoxy) is 2. The maximum absolute atomic E-state index is 13.6. The molecule has 2 heterocycles. The maximum atomic E-state index is 13.6. The Bertz CT molecular complexity index is 1200. The first-order valence-electron chi connectivity index (χ1n) is 10.2. The number of methoxy groups -OCH3 is 1. The Morgan fingerprint density at radius 3 is 2.69 bits per heavy atom. The van der Waals surface area contributed by atoms with Crippen molar-refractivity contribution < 1.29 is 22.7 Å². The maximum Gasteiger partial charge on any atom is 0.260 e. The van der Waals surface area contributed by atoms with Crippen molar-refractivity contribution in [2.75, 3.05) is 39.3 Å². The lowest BCUT2D eigenvalue weighted by Gasteiger charge is -2.23. The number of benzene rings is 2. The first kappa shape index (κ1) is 22.7. The molecule has 1 fully saturated rings. The highest BCUT2D eigenvalue weighted by Gasteiger charge is 2.29. The van der Waals surface area contributed by atoms with E-state index in [2.05, 4.69) is 4.98 Å². The molecule has 2 aromatic carbocycles. The highest BCUT2D eigenvalue weighted by atomic mass is 32.2. The fourth-order valence-electron chi connectivity index (χ4n) is 3.58. The Morgan fingerprint density at radius 1 is 1.25 bits per heavy atom. The summed E-state index contributed by atoms with van der Waals surface area (Å²) < 4.78 is 38.7. The third-order valence-electron chi connectivity index (χ3n) is 5.34. The van der Waals surface area contributed by atoms with Crippen molar-refractivity contribution in [2.45, 2.75) is 23.8 Å². The Kier molecular flexibility index (Phi) is 6.47. The zero-order valence-electron chi connectivity index (χ0n) is 18.1. The summed E-state index contributed by atoms with van der Waals surface area (Å²) in [6.07, 6.45) is 1.71. The number of hydrogen-bond donors (Lipinski definition) is 0. The summed E-state index contributed by atoms with van der Waals surface area (Å²) in [5.74, 6) is -0.154. The number of carbonyl (C=O) groups is 1. The zero-order valence-corrected chi connectivity index (χ0v) is 19.8. The van der Waals surface area contributed by atoms with Crippen LogP contribution < -0.4 is 9.64 Å². The molecule has 3 aromatic rings. The lowest BCUT2D eigenvalue weighted by Crippen LogP contribution is -2.37. The van der Waals surface area contributed by atoms with Gasteiger partial charge >= 0.3 is 0 Å². The van der Waals surface area contributed by atoms with Crippen LogP contribution in [0.1, 0.15) is 23.2 Å². The number of aromatic nitrogens is 1. The van der Waals surface area contributed by atoms with Gasteiger partial charge in [-0.25, -0.2) is 17.7 Å². The number of rotatable bonds is 7. The number of anilines is 1. The van der Waals surface area contributed by atoms with E-state index < -0.39 is 10.0 Å². The second-order valence-corrected chi connectivity index (χ2v) is 10.8. The van der Waals surface area contributed by atoms with Crippen molar-refractivity contribution >= 4 is 42.6 Å². The average molecular weight is 476 g/mol. The van der Waals surface area contributed by atoms with Gasteiger partial charge in [-0.3, -0.25) is 9.69 Å². The van der Waals surface area contributed by atoms with Gasteiger partial charge in [0.2, 0.25) is 10.0 Å². The molecular formula is C22H25N3O5S2. The molecule has 1 atom stereocenters. The number of thiazole rings is 1. The minimum atomic E-state index is -3.81. The van der Waals surface area contributed by atoms with E-state index in [4.69, 9.17) is 9.47 Å². The Morgan fingerprint density at radius 2 is 2.03 bits per heavy atom. The van der Waals surface area contributed by atoms with E-state index in [0.29, 0.717) is 18.3 Å². The van der Waals surface area contributed by atoms with Crippen molar-refractivity contribution in [3.8, 4) is 5.75 Å². The van der Waals surface area contributed by atoms with Gasteiger partial charge in [0, 0.05) is 26.3 Å². The highest BCUT2D eigenvalue weighted by molar-refractivity contribution is 7.89. The second kappa shape index (κ2) is 9.14. The topological polar surface area (TPSA) is 89.0 Å². The summed E-state index contributed by atoms with van der Waals surface area (Å²) in [6, 6.07) is 12.1.